The van der Waals surface area contributed by atoms with Crippen LogP contribution in [0.2, 0.25) is 0 Å². The Morgan fingerprint density at radius 3 is 1.87 bits per heavy atom. The third-order valence-electron chi connectivity index (χ3n) is 5.98. The molecule has 1 fully saturated rings. The van der Waals surface area contributed by atoms with Gasteiger partial charge in [0.25, 0.3) is 0 Å². The topological polar surface area (TPSA) is 20.2 Å². The molecule has 2 aromatic carbocycles. The molecule has 1 N–H and O–H groups in total. The number of phenols is 1. The predicted octanol–water partition coefficient (Wildman–Crippen LogP) is 5.91. The summed E-state index contributed by atoms with van der Waals surface area (Å²) in [6.45, 7) is 4.67. The predicted molar refractivity (Wildman–Crippen MR) is 96.7 cm³/mol. The summed E-state index contributed by atoms with van der Waals surface area (Å²) in [6.07, 6.45) is 6.33. The number of benzene rings is 2. The number of hydrogen-bond acceptors (Lipinski definition) is 1. The van der Waals surface area contributed by atoms with Crippen LogP contribution in [0.3, 0.4) is 0 Å². The molecule has 2 unspecified atom stereocenters. The van der Waals surface area contributed by atoms with Gasteiger partial charge in [-0.25, -0.2) is 0 Å². The van der Waals surface area contributed by atoms with E-state index in [-0.39, 0.29) is 5.41 Å². The van der Waals surface area contributed by atoms with Crippen LogP contribution in [0.25, 0.3) is 0 Å². The van der Waals surface area contributed by atoms with Crippen molar-refractivity contribution in [2.24, 2.45) is 11.8 Å². The Hall–Kier alpha value is -1.76. The molecule has 1 aliphatic rings. The maximum Gasteiger partial charge on any atom is 0.115 e. The lowest BCUT2D eigenvalue weighted by Gasteiger charge is -2.51. The third-order valence-corrected chi connectivity index (χ3v) is 5.98. The van der Waals surface area contributed by atoms with Crippen molar-refractivity contribution in [2.75, 3.05) is 0 Å². The molecule has 1 nitrogen and oxygen atoms in total. The maximum atomic E-state index is 9.76. The third kappa shape index (κ3) is 2.67. The second-order valence-electron chi connectivity index (χ2n) is 6.92. The molecule has 0 saturated heterocycles. The van der Waals surface area contributed by atoms with Crippen molar-refractivity contribution in [1.29, 1.82) is 0 Å². The Bertz CT molecular complexity index is 602. The van der Waals surface area contributed by atoms with E-state index in [9.17, 15) is 5.11 Å². The fraction of sp³-hybridized carbons (Fsp3) is 0.455. The van der Waals surface area contributed by atoms with Gasteiger partial charge in [0.05, 0.1) is 0 Å². The summed E-state index contributed by atoms with van der Waals surface area (Å²) >= 11 is 0. The first kappa shape index (κ1) is 16.1. The van der Waals surface area contributed by atoms with Gasteiger partial charge in [0.1, 0.15) is 5.75 Å². The second kappa shape index (κ2) is 6.78. The smallest absolute Gasteiger partial charge is 0.115 e. The van der Waals surface area contributed by atoms with E-state index >= 15 is 0 Å². The Balaban J connectivity index is 2.24. The molecule has 2 atom stereocenters. The molecule has 0 aromatic heterocycles. The Morgan fingerprint density at radius 1 is 0.826 bits per heavy atom. The molecule has 122 valence electrons. The van der Waals surface area contributed by atoms with Gasteiger partial charge < -0.3 is 5.11 Å². The quantitative estimate of drug-likeness (QED) is 0.744. The molecule has 23 heavy (non-hydrogen) atoms. The molecule has 0 aliphatic heterocycles. The molecule has 0 bridgehead atoms. The SMILES string of the molecule is CCC1CCCC(CC)C1(c1ccccc1)c1ccc(O)cc1. The van der Waals surface area contributed by atoms with Gasteiger partial charge in [0.15, 0.2) is 0 Å². The van der Waals surface area contributed by atoms with E-state index in [4.69, 9.17) is 0 Å². The van der Waals surface area contributed by atoms with Crippen LogP contribution in [0.1, 0.15) is 57.1 Å². The van der Waals surface area contributed by atoms with Crippen molar-refractivity contribution in [3.05, 3.63) is 65.7 Å². The Labute approximate surface area is 140 Å². The summed E-state index contributed by atoms with van der Waals surface area (Å²) in [5.74, 6) is 1.68. The van der Waals surface area contributed by atoms with Gasteiger partial charge in [0.2, 0.25) is 0 Å². The van der Waals surface area contributed by atoms with Gasteiger partial charge in [-0.1, -0.05) is 75.6 Å². The summed E-state index contributed by atoms with van der Waals surface area (Å²) in [5, 5.41) is 9.76. The lowest BCUT2D eigenvalue weighted by atomic mass is 9.53. The van der Waals surface area contributed by atoms with Gasteiger partial charge in [-0.05, 0) is 47.9 Å². The average molecular weight is 308 g/mol. The van der Waals surface area contributed by atoms with Crippen LogP contribution in [0.15, 0.2) is 54.6 Å². The molecule has 2 aromatic rings. The minimum atomic E-state index is 0.0801. The van der Waals surface area contributed by atoms with Crippen LogP contribution in [-0.2, 0) is 5.41 Å². The van der Waals surface area contributed by atoms with E-state index in [0.717, 1.165) is 0 Å². The van der Waals surface area contributed by atoms with E-state index < -0.39 is 0 Å². The van der Waals surface area contributed by atoms with E-state index in [2.05, 4.69) is 56.3 Å². The number of aromatic hydroxyl groups is 1. The monoisotopic (exact) mass is 308 g/mol. The Kier molecular flexibility index (Phi) is 4.75. The summed E-state index contributed by atoms with van der Waals surface area (Å²) < 4.78 is 0. The van der Waals surface area contributed by atoms with Crippen molar-refractivity contribution in [3.63, 3.8) is 0 Å². The number of hydrogen-bond donors (Lipinski definition) is 1. The number of rotatable bonds is 4. The van der Waals surface area contributed by atoms with Crippen molar-refractivity contribution in [2.45, 2.75) is 51.4 Å². The molecule has 0 radical (unpaired) electrons. The molecule has 0 heterocycles. The van der Waals surface area contributed by atoms with Crippen molar-refractivity contribution in [1.82, 2.24) is 0 Å². The summed E-state index contributed by atoms with van der Waals surface area (Å²) in [6, 6.07) is 19.1. The molecule has 1 aliphatic carbocycles. The van der Waals surface area contributed by atoms with Gasteiger partial charge in [0, 0.05) is 5.41 Å². The van der Waals surface area contributed by atoms with E-state index in [1.807, 2.05) is 12.1 Å². The Morgan fingerprint density at radius 2 is 1.35 bits per heavy atom. The van der Waals surface area contributed by atoms with Crippen molar-refractivity contribution in [3.8, 4) is 5.75 Å². The highest BCUT2D eigenvalue weighted by atomic mass is 16.3. The molecule has 3 rings (SSSR count). The molecule has 0 amide bonds. The van der Waals surface area contributed by atoms with Crippen molar-refractivity contribution >= 4 is 0 Å². The van der Waals surface area contributed by atoms with Crippen LogP contribution in [0.4, 0.5) is 0 Å². The first-order chi connectivity index (χ1) is 11.2. The number of phenolic OH excluding ortho intramolecular Hbond substituents is 1. The van der Waals surface area contributed by atoms with Crippen LogP contribution < -0.4 is 0 Å². The zero-order valence-corrected chi connectivity index (χ0v) is 14.3. The zero-order chi connectivity index (χ0) is 16.3. The summed E-state index contributed by atoms with van der Waals surface area (Å²) in [7, 11) is 0. The second-order valence-corrected chi connectivity index (χ2v) is 6.92. The van der Waals surface area contributed by atoms with Gasteiger partial charge in [-0.2, -0.15) is 0 Å². The molecular weight excluding hydrogens is 280 g/mol. The minimum absolute atomic E-state index is 0.0801. The van der Waals surface area contributed by atoms with Crippen LogP contribution in [-0.4, -0.2) is 5.11 Å². The van der Waals surface area contributed by atoms with E-state index in [0.29, 0.717) is 17.6 Å². The molecular formula is C22H28O. The highest BCUT2D eigenvalue weighted by Gasteiger charge is 2.48. The summed E-state index contributed by atoms with van der Waals surface area (Å²) in [4.78, 5) is 0. The normalized spacial score (nSPS) is 27.7. The summed E-state index contributed by atoms with van der Waals surface area (Å²) in [5.41, 5.74) is 2.90. The first-order valence-electron chi connectivity index (χ1n) is 9.08. The fourth-order valence-corrected chi connectivity index (χ4v) is 5.01. The van der Waals surface area contributed by atoms with Gasteiger partial charge in [-0.3, -0.25) is 0 Å². The van der Waals surface area contributed by atoms with Crippen LogP contribution >= 0.6 is 0 Å². The molecule has 1 heteroatoms. The molecule has 0 spiro atoms. The average Bonchev–Trinajstić information content (AvgIpc) is 2.62. The van der Waals surface area contributed by atoms with Crippen molar-refractivity contribution < 1.29 is 5.11 Å². The van der Waals surface area contributed by atoms with Gasteiger partial charge >= 0.3 is 0 Å². The minimum Gasteiger partial charge on any atom is -0.508 e. The first-order valence-corrected chi connectivity index (χ1v) is 9.08. The lowest BCUT2D eigenvalue weighted by Crippen LogP contribution is -2.46. The van der Waals surface area contributed by atoms with Crippen LogP contribution in [0, 0.1) is 11.8 Å². The zero-order valence-electron chi connectivity index (χ0n) is 14.3. The van der Waals surface area contributed by atoms with E-state index in [1.54, 1.807) is 0 Å². The van der Waals surface area contributed by atoms with Gasteiger partial charge in [-0.15, -0.1) is 0 Å². The maximum absolute atomic E-state index is 9.76. The fourth-order valence-electron chi connectivity index (χ4n) is 5.01. The largest absolute Gasteiger partial charge is 0.508 e. The highest BCUT2D eigenvalue weighted by Crippen LogP contribution is 2.54. The molecule has 1 saturated carbocycles. The lowest BCUT2D eigenvalue weighted by molar-refractivity contribution is 0.133. The van der Waals surface area contributed by atoms with Crippen LogP contribution in [0.5, 0.6) is 5.75 Å². The van der Waals surface area contributed by atoms with E-state index in [1.165, 1.54) is 43.2 Å². The highest BCUT2D eigenvalue weighted by molar-refractivity contribution is 5.44. The standard InChI is InChI=1S/C22H28O/c1-3-17-11-8-12-18(4-2)22(17,19-9-6-5-7-10-19)20-13-15-21(23)16-14-20/h5-7,9-10,13-18,23H,3-4,8,11-12H2,1-2H3.